The van der Waals surface area contributed by atoms with Crippen molar-refractivity contribution in [1.82, 2.24) is 15.2 Å². The number of pyridine rings is 1. The number of likely N-dealkylation sites (tertiary alicyclic amines) is 1. The Labute approximate surface area is 170 Å². The molecule has 2 heterocycles. The van der Waals surface area contributed by atoms with Crippen LogP contribution in [0.2, 0.25) is 0 Å². The summed E-state index contributed by atoms with van der Waals surface area (Å²) >= 11 is 0. The molecule has 0 bridgehead atoms. The molecule has 29 heavy (non-hydrogen) atoms. The molecule has 0 radical (unpaired) electrons. The van der Waals surface area contributed by atoms with Crippen LogP contribution in [-0.2, 0) is 0 Å². The zero-order valence-electron chi connectivity index (χ0n) is 16.7. The van der Waals surface area contributed by atoms with Crippen molar-refractivity contribution in [2.45, 2.75) is 25.3 Å². The van der Waals surface area contributed by atoms with Crippen LogP contribution in [0.15, 0.2) is 42.5 Å². The van der Waals surface area contributed by atoms with E-state index in [0.717, 1.165) is 19.3 Å². The van der Waals surface area contributed by atoms with Crippen molar-refractivity contribution in [1.29, 1.82) is 0 Å². The fourth-order valence-electron chi connectivity index (χ4n) is 4.12. The van der Waals surface area contributed by atoms with E-state index in [0.29, 0.717) is 30.1 Å². The van der Waals surface area contributed by atoms with Gasteiger partial charge in [-0.3, -0.25) is 9.59 Å². The van der Waals surface area contributed by atoms with Crippen molar-refractivity contribution < 1.29 is 19.1 Å². The molecule has 2 aliphatic rings. The number of amides is 2. The molecule has 2 fully saturated rings. The van der Waals surface area contributed by atoms with Gasteiger partial charge in [0.1, 0.15) is 5.56 Å². The van der Waals surface area contributed by atoms with E-state index in [4.69, 9.17) is 9.47 Å². The van der Waals surface area contributed by atoms with Gasteiger partial charge in [0.15, 0.2) is 0 Å². The van der Waals surface area contributed by atoms with Gasteiger partial charge in [-0.25, -0.2) is 0 Å². The lowest BCUT2D eigenvalue weighted by atomic mass is 9.92. The fourth-order valence-corrected chi connectivity index (χ4v) is 4.12. The Morgan fingerprint density at radius 1 is 1.07 bits per heavy atom. The summed E-state index contributed by atoms with van der Waals surface area (Å²) in [6.45, 7) is 1.32. The third kappa shape index (κ3) is 3.77. The monoisotopic (exact) mass is 395 g/mol. The molecule has 7 heteroatoms. The minimum atomic E-state index is -0.0858. The van der Waals surface area contributed by atoms with Crippen molar-refractivity contribution in [3.05, 3.63) is 53.6 Å². The second-order valence-electron chi connectivity index (χ2n) is 7.66. The topological polar surface area (TPSA) is 80.8 Å². The van der Waals surface area contributed by atoms with Crippen molar-refractivity contribution in [2.75, 3.05) is 27.3 Å². The summed E-state index contributed by atoms with van der Waals surface area (Å²) in [5, 5.41) is 3.15. The SMILES string of the molecule is COc1ccc(C(=O)N2CCC3(CC2)CC3NC(=O)c2ccccc2)c(OC)n1. The fraction of sp³-hybridized carbons (Fsp3) is 0.409. The van der Waals surface area contributed by atoms with Crippen molar-refractivity contribution in [3.63, 3.8) is 0 Å². The second kappa shape index (κ2) is 7.73. The maximum atomic E-state index is 13.0. The first-order valence-corrected chi connectivity index (χ1v) is 9.80. The first-order valence-electron chi connectivity index (χ1n) is 9.80. The van der Waals surface area contributed by atoms with Gasteiger partial charge in [-0.2, -0.15) is 4.98 Å². The van der Waals surface area contributed by atoms with E-state index < -0.39 is 0 Å². The van der Waals surface area contributed by atoms with Crippen LogP contribution in [0.5, 0.6) is 11.8 Å². The van der Waals surface area contributed by atoms with E-state index in [-0.39, 0.29) is 29.2 Å². The number of nitrogens with zero attached hydrogens (tertiary/aromatic N) is 2. The van der Waals surface area contributed by atoms with Crippen LogP contribution in [0.25, 0.3) is 0 Å². The predicted octanol–water partition coefficient (Wildman–Crippen LogP) is 2.52. The minimum Gasteiger partial charge on any atom is -0.481 e. The number of hydrogen-bond acceptors (Lipinski definition) is 5. The molecule has 1 saturated heterocycles. The maximum absolute atomic E-state index is 13.0. The molecule has 1 aliphatic carbocycles. The summed E-state index contributed by atoms with van der Waals surface area (Å²) in [6.07, 6.45) is 2.73. The number of rotatable bonds is 5. The Kier molecular flexibility index (Phi) is 5.13. The summed E-state index contributed by atoms with van der Waals surface area (Å²) in [6, 6.07) is 12.8. The number of hydrogen-bond donors (Lipinski definition) is 1. The maximum Gasteiger partial charge on any atom is 0.259 e. The first kappa shape index (κ1) is 19.2. The lowest BCUT2D eigenvalue weighted by Gasteiger charge is -2.33. The first-order chi connectivity index (χ1) is 14.1. The molecule has 1 aromatic heterocycles. The average molecular weight is 395 g/mol. The molecule has 1 spiro atoms. The van der Waals surface area contributed by atoms with E-state index in [1.165, 1.54) is 14.2 Å². The van der Waals surface area contributed by atoms with Crippen LogP contribution in [0.3, 0.4) is 0 Å². The number of ether oxygens (including phenoxy) is 2. The van der Waals surface area contributed by atoms with Gasteiger partial charge >= 0.3 is 0 Å². The van der Waals surface area contributed by atoms with E-state index in [1.807, 2.05) is 35.2 Å². The van der Waals surface area contributed by atoms with E-state index in [1.54, 1.807) is 12.1 Å². The van der Waals surface area contributed by atoms with Gasteiger partial charge < -0.3 is 19.7 Å². The van der Waals surface area contributed by atoms with Gasteiger partial charge in [0.05, 0.1) is 14.2 Å². The van der Waals surface area contributed by atoms with Crippen LogP contribution in [0.1, 0.15) is 40.0 Å². The average Bonchev–Trinajstić information content (AvgIpc) is 3.44. The molecule has 1 aromatic carbocycles. The molecular formula is C22H25N3O4. The highest BCUT2D eigenvalue weighted by Gasteiger charge is 2.56. The Hall–Kier alpha value is -3.09. The molecule has 1 saturated carbocycles. The molecular weight excluding hydrogens is 370 g/mol. The van der Waals surface area contributed by atoms with Crippen LogP contribution < -0.4 is 14.8 Å². The minimum absolute atomic E-state index is 0.0278. The van der Waals surface area contributed by atoms with Crippen molar-refractivity contribution in [3.8, 4) is 11.8 Å². The van der Waals surface area contributed by atoms with Crippen LogP contribution in [0, 0.1) is 5.41 Å². The number of aromatic nitrogens is 1. The van der Waals surface area contributed by atoms with Gasteiger partial charge in [0, 0.05) is 30.8 Å². The van der Waals surface area contributed by atoms with Gasteiger partial charge in [-0.15, -0.1) is 0 Å². The van der Waals surface area contributed by atoms with Crippen molar-refractivity contribution >= 4 is 11.8 Å². The van der Waals surface area contributed by atoms with Crippen LogP contribution in [-0.4, -0.2) is 55.0 Å². The van der Waals surface area contributed by atoms with Gasteiger partial charge in [-0.05, 0) is 42.9 Å². The molecule has 1 aliphatic heterocycles. The molecule has 2 aromatic rings. The molecule has 152 valence electrons. The molecule has 7 nitrogen and oxygen atoms in total. The number of carbonyl (C=O) groups is 2. The van der Waals surface area contributed by atoms with Crippen LogP contribution >= 0.6 is 0 Å². The van der Waals surface area contributed by atoms with E-state index in [2.05, 4.69) is 10.3 Å². The molecule has 1 N–H and O–H groups in total. The summed E-state index contributed by atoms with van der Waals surface area (Å²) in [5.74, 6) is 0.567. The second-order valence-corrected chi connectivity index (χ2v) is 7.66. The highest BCUT2D eigenvalue weighted by Crippen LogP contribution is 2.54. The van der Waals surface area contributed by atoms with Gasteiger partial charge in [0.25, 0.3) is 11.8 Å². The Morgan fingerprint density at radius 2 is 1.79 bits per heavy atom. The number of nitrogens with one attached hydrogen (secondary N) is 1. The summed E-state index contributed by atoms with van der Waals surface area (Å²) in [4.78, 5) is 31.4. The summed E-state index contributed by atoms with van der Waals surface area (Å²) < 4.78 is 10.4. The highest BCUT2D eigenvalue weighted by atomic mass is 16.5. The summed E-state index contributed by atoms with van der Waals surface area (Å²) in [5.41, 5.74) is 1.24. The van der Waals surface area contributed by atoms with E-state index >= 15 is 0 Å². The lowest BCUT2D eigenvalue weighted by molar-refractivity contribution is 0.0663. The number of benzene rings is 1. The zero-order chi connectivity index (χ0) is 20.4. The van der Waals surface area contributed by atoms with E-state index in [9.17, 15) is 9.59 Å². The predicted molar refractivity (Wildman–Crippen MR) is 107 cm³/mol. The standard InChI is InChI=1S/C22H25N3O4/c1-28-18-9-8-16(20(24-18)29-2)21(27)25-12-10-22(11-13-25)14-17(22)23-19(26)15-6-4-3-5-7-15/h3-9,17H,10-14H2,1-2H3,(H,23,26). The van der Waals surface area contributed by atoms with Crippen LogP contribution in [0.4, 0.5) is 0 Å². The van der Waals surface area contributed by atoms with Gasteiger partial charge in [0.2, 0.25) is 11.8 Å². The molecule has 4 rings (SSSR count). The quantitative estimate of drug-likeness (QED) is 0.841. The smallest absolute Gasteiger partial charge is 0.259 e. The number of piperidine rings is 1. The molecule has 2 amide bonds. The summed E-state index contributed by atoms with van der Waals surface area (Å²) in [7, 11) is 3.02. The third-order valence-corrected chi connectivity index (χ3v) is 6.05. The number of methoxy groups -OCH3 is 2. The third-order valence-electron chi connectivity index (χ3n) is 6.05. The largest absolute Gasteiger partial charge is 0.481 e. The molecule has 1 unspecified atom stereocenters. The lowest BCUT2D eigenvalue weighted by Crippen LogP contribution is -2.41. The normalized spacial score (nSPS) is 19.5. The highest BCUT2D eigenvalue weighted by molar-refractivity contribution is 5.96. The van der Waals surface area contributed by atoms with Gasteiger partial charge in [-0.1, -0.05) is 18.2 Å². The zero-order valence-corrected chi connectivity index (χ0v) is 16.7. The Morgan fingerprint density at radius 3 is 2.45 bits per heavy atom. The molecule has 1 atom stereocenters. The Bertz CT molecular complexity index is 908. The van der Waals surface area contributed by atoms with Crippen molar-refractivity contribution in [2.24, 2.45) is 5.41 Å². The Balaban J connectivity index is 1.35. The number of carbonyl (C=O) groups excluding carboxylic acids is 2.